The van der Waals surface area contributed by atoms with Gasteiger partial charge in [0.25, 0.3) is 0 Å². The predicted molar refractivity (Wildman–Crippen MR) is 174 cm³/mol. The SMILES string of the molecule is Nc1ncnc2c1ncn2[C@H]1C[C@H](O)[C@@H](COP(=O)(O)NCCC(=O)O)O1.Nc1ncnc2c1ncn2[C@H]1C[C@H](O)[C@@H](COP(=O)(O)OCC(=O)O)O1. The monoisotopic (exact) mass is 791 g/mol. The first kappa shape index (κ1) is 39.9. The summed E-state index contributed by atoms with van der Waals surface area (Å²) in [5.41, 5.74) is 13.1. The molecular formula is C25H35N11O15P2. The molecule has 6 heterocycles. The molecule has 2 aliphatic rings. The van der Waals surface area contributed by atoms with Crippen LogP contribution in [0, 0.1) is 0 Å². The maximum absolute atomic E-state index is 11.8. The van der Waals surface area contributed by atoms with Crippen molar-refractivity contribution in [3.05, 3.63) is 25.3 Å². The van der Waals surface area contributed by atoms with Crippen LogP contribution in [0.25, 0.3) is 22.3 Å². The van der Waals surface area contributed by atoms with Gasteiger partial charge in [0.05, 0.1) is 44.5 Å². The minimum absolute atomic E-state index is 0.148. The lowest BCUT2D eigenvalue weighted by atomic mass is 10.2. The van der Waals surface area contributed by atoms with Crippen LogP contribution in [0.2, 0.25) is 0 Å². The summed E-state index contributed by atoms with van der Waals surface area (Å²) in [6.45, 7) is -2.07. The van der Waals surface area contributed by atoms with Crippen molar-refractivity contribution >= 4 is 61.5 Å². The maximum Gasteiger partial charge on any atom is 0.472 e. The maximum atomic E-state index is 11.8. The second-order valence-corrected chi connectivity index (χ2v) is 14.4. The molecule has 0 radical (unpaired) electrons. The van der Waals surface area contributed by atoms with E-state index in [9.17, 15) is 38.7 Å². The van der Waals surface area contributed by atoms with E-state index in [0.717, 1.165) is 0 Å². The molecule has 6 rings (SSSR count). The molecule has 53 heavy (non-hydrogen) atoms. The molecule has 0 aliphatic carbocycles. The number of carboxylic acids is 2. The van der Waals surface area contributed by atoms with Gasteiger partial charge in [-0.05, 0) is 0 Å². The van der Waals surface area contributed by atoms with Crippen molar-refractivity contribution in [2.75, 3.05) is 37.8 Å². The van der Waals surface area contributed by atoms with Gasteiger partial charge < -0.3 is 51.2 Å². The Kier molecular flexibility index (Phi) is 12.6. The summed E-state index contributed by atoms with van der Waals surface area (Å²) in [5, 5.41) is 39.4. The van der Waals surface area contributed by atoms with E-state index in [-0.39, 0.29) is 44.0 Å². The van der Waals surface area contributed by atoms with Crippen molar-refractivity contribution in [1.82, 2.24) is 44.1 Å². The number of aromatic nitrogens is 8. The average molecular weight is 792 g/mol. The van der Waals surface area contributed by atoms with Crippen molar-refractivity contribution < 1.29 is 72.0 Å². The zero-order valence-corrected chi connectivity index (χ0v) is 29.0. The quantitative estimate of drug-likeness (QED) is 0.0619. The number of nitrogens with one attached hydrogen (secondary N) is 1. The zero-order valence-electron chi connectivity index (χ0n) is 27.2. The number of fused-ring (bicyclic) bond motifs is 2. The van der Waals surface area contributed by atoms with Crippen LogP contribution in [0.15, 0.2) is 25.3 Å². The average Bonchev–Trinajstić information content (AvgIpc) is 3.88. The Bertz CT molecular complexity index is 2020. The Balaban J connectivity index is 0.000000204. The van der Waals surface area contributed by atoms with Crippen LogP contribution in [-0.4, -0.2) is 132 Å². The number of hydrogen-bond acceptors (Lipinski definition) is 19. The van der Waals surface area contributed by atoms with Gasteiger partial charge in [-0.2, -0.15) is 0 Å². The van der Waals surface area contributed by atoms with E-state index in [1.807, 2.05) is 0 Å². The number of carboxylic acid groups (broad SMARTS) is 2. The number of nitrogens with zero attached hydrogens (tertiary/aromatic N) is 8. The summed E-state index contributed by atoms with van der Waals surface area (Å²) in [6.07, 6.45) is 0.403. The molecular weight excluding hydrogens is 756 g/mol. The van der Waals surface area contributed by atoms with Crippen LogP contribution in [0.3, 0.4) is 0 Å². The third-order valence-electron chi connectivity index (χ3n) is 7.62. The number of anilines is 2. The van der Waals surface area contributed by atoms with E-state index in [2.05, 4.69) is 44.0 Å². The molecule has 290 valence electrons. The zero-order chi connectivity index (χ0) is 38.5. The standard InChI is InChI=1S/C13H19N6O7P.C12H16N5O8P/c14-12-11-13(16-5-15-12)19(6-17-11)9-3-7(20)8(26-9)4-25-27(23,24)18-2-1-10(21)22;13-11-10-12(15-4-14-11)17(5-16-10)8-1-6(18)7(25-8)2-23-26(21,22)24-3-9(19)20/h5-9,20H,1-4H2,(H,21,22)(H2,14,15,16)(H2,18,23,24);4-8,18H,1-3H2,(H,19,20)(H,21,22)(H2,13,14,15)/t7-,8+,9+;6-,7+,8+/m00/s1. The summed E-state index contributed by atoms with van der Waals surface area (Å²) in [4.78, 5) is 63.9. The Morgan fingerprint density at radius 2 is 1.28 bits per heavy atom. The molecule has 2 fully saturated rings. The lowest BCUT2D eigenvalue weighted by Gasteiger charge is -2.18. The minimum Gasteiger partial charge on any atom is -0.481 e. The van der Waals surface area contributed by atoms with Gasteiger partial charge in [-0.3, -0.25) is 27.5 Å². The number of aliphatic carboxylic acids is 2. The van der Waals surface area contributed by atoms with Gasteiger partial charge in [0.15, 0.2) is 29.5 Å². The summed E-state index contributed by atoms with van der Waals surface area (Å²) >= 11 is 0. The Morgan fingerprint density at radius 1 is 0.792 bits per heavy atom. The fraction of sp³-hybridized carbons (Fsp3) is 0.520. The highest BCUT2D eigenvalue weighted by Crippen LogP contribution is 2.44. The second-order valence-electron chi connectivity index (χ2n) is 11.3. The Hall–Kier alpha value is -4.30. The first-order chi connectivity index (χ1) is 25.0. The number of nitrogen functional groups attached to an aromatic ring is 2. The van der Waals surface area contributed by atoms with Gasteiger partial charge in [0.1, 0.15) is 48.4 Å². The number of ether oxygens (including phenoxy) is 2. The Morgan fingerprint density at radius 3 is 1.75 bits per heavy atom. The molecule has 4 aromatic heterocycles. The van der Waals surface area contributed by atoms with Crippen LogP contribution in [0.1, 0.15) is 31.7 Å². The third kappa shape index (κ3) is 10.2. The second kappa shape index (κ2) is 16.8. The molecule has 0 saturated carbocycles. The van der Waals surface area contributed by atoms with Crippen molar-refractivity contribution in [2.45, 2.75) is 56.1 Å². The van der Waals surface area contributed by atoms with Crippen molar-refractivity contribution in [3.63, 3.8) is 0 Å². The number of carbonyl (C=O) groups is 2. The van der Waals surface area contributed by atoms with Crippen LogP contribution in [0.5, 0.6) is 0 Å². The summed E-state index contributed by atoms with van der Waals surface area (Å²) in [6, 6.07) is 0. The lowest BCUT2D eigenvalue weighted by Crippen LogP contribution is -2.27. The molecule has 0 spiro atoms. The third-order valence-corrected chi connectivity index (χ3v) is 9.67. The Labute approximate surface area is 296 Å². The van der Waals surface area contributed by atoms with Gasteiger partial charge in [0.2, 0.25) is 0 Å². The largest absolute Gasteiger partial charge is 0.481 e. The number of hydrogen-bond donors (Lipinski definition) is 9. The predicted octanol–water partition coefficient (Wildman–Crippen LogP) is -1.49. The molecule has 11 N–H and O–H groups in total. The van der Waals surface area contributed by atoms with Gasteiger partial charge >= 0.3 is 27.5 Å². The lowest BCUT2D eigenvalue weighted by molar-refractivity contribution is -0.140. The molecule has 2 unspecified atom stereocenters. The number of aliphatic hydroxyl groups excluding tert-OH is 2. The molecule has 4 aromatic rings. The summed E-state index contributed by atoms with van der Waals surface area (Å²) in [7, 11) is -8.79. The van der Waals surface area contributed by atoms with E-state index in [4.69, 9.17) is 35.7 Å². The normalized spacial score (nSPS) is 25.1. The van der Waals surface area contributed by atoms with E-state index < -0.39 is 77.6 Å². The van der Waals surface area contributed by atoms with Crippen LogP contribution >= 0.6 is 15.6 Å². The number of phosphoric acid groups is 1. The van der Waals surface area contributed by atoms with Crippen LogP contribution in [0.4, 0.5) is 11.6 Å². The van der Waals surface area contributed by atoms with E-state index >= 15 is 0 Å². The number of phosphoric ester groups is 1. The fourth-order valence-electron chi connectivity index (χ4n) is 5.10. The highest BCUT2D eigenvalue weighted by atomic mass is 31.2. The fourth-order valence-corrected chi connectivity index (χ4v) is 6.62. The molecule has 26 nitrogen and oxygen atoms in total. The molecule has 0 amide bonds. The smallest absolute Gasteiger partial charge is 0.472 e. The number of rotatable bonds is 15. The van der Waals surface area contributed by atoms with Gasteiger partial charge in [-0.1, -0.05) is 0 Å². The molecule has 0 bridgehead atoms. The van der Waals surface area contributed by atoms with E-state index in [1.165, 1.54) is 25.3 Å². The number of imidazole rings is 2. The summed E-state index contributed by atoms with van der Waals surface area (Å²) in [5.74, 6) is -2.12. The molecule has 2 aliphatic heterocycles. The van der Waals surface area contributed by atoms with Crippen molar-refractivity contribution in [3.8, 4) is 0 Å². The van der Waals surface area contributed by atoms with Gasteiger partial charge in [-0.15, -0.1) is 0 Å². The first-order valence-electron chi connectivity index (χ1n) is 15.3. The van der Waals surface area contributed by atoms with Crippen LogP contribution < -0.4 is 16.6 Å². The highest BCUT2D eigenvalue weighted by Gasteiger charge is 2.39. The first-order valence-corrected chi connectivity index (χ1v) is 18.4. The van der Waals surface area contributed by atoms with E-state index in [0.29, 0.717) is 22.3 Å². The molecule has 8 atom stereocenters. The highest BCUT2D eigenvalue weighted by molar-refractivity contribution is 7.50. The van der Waals surface area contributed by atoms with Gasteiger partial charge in [0, 0.05) is 19.4 Å². The van der Waals surface area contributed by atoms with Crippen molar-refractivity contribution in [2.24, 2.45) is 0 Å². The minimum atomic E-state index is -4.58. The number of aliphatic hydroxyl groups is 2. The number of nitrogens with two attached hydrogens (primary N) is 2. The molecule has 2 saturated heterocycles. The van der Waals surface area contributed by atoms with E-state index in [1.54, 1.807) is 9.13 Å². The summed E-state index contributed by atoms with van der Waals surface area (Å²) < 4.78 is 51.7. The molecule has 0 aromatic carbocycles. The topological polar surface area (TPSA) is 387 Å². The van der Waals surface area contributed by atoms with Crippen molar-refractivity contribution in [1.29, 1.82) is 0 Å². The van der Waals surface area contributed by atoms with Gasteiger partial charge in [-0.25, -0.2) is 48.9 Å². The molecule has 28 heteroatoms. The van der Waals surface area contributed by atoms with Crippen LogP contribution in [-0.2, 0) is 41.8 Å².